The first-order valence-corrected chi connectivity index (χ1v) is 9.32. The van der Waals surface area contributed by atoms with Crippen LogP contribution < -0.4 is 10.4 Å². The molecule has 4 rings (SSSR count). The molecular formula is C20H25NO4. The molecule has 1 N–H and O–H groups in total. The van der Waals surface area contributed by atoms with Gasteiger partial charge in [-0.2, -0.15) is 0 Å². The minimum atomic E-state index is -0.513. The van der Waals surface area contributed by atoms with E-state index < -0.39 is 6.10 Å². The summed E-state index contributed by atoms with van der Waals surface area (Å²) in [5.41, 5.74) is 2.32. The van der Waals surface area contributed by atoms with Gasteiger partial charge in [0.05, 0.1) is 0 Å². The summed E-state index contributed by atoms with van der Waals surface area (Å²) in [5, 5.41) is 11.2. The molecule has 5 heteroatoms. The second kappa shape index (κ2) is 7.18. The minimum Gasteiger partial charge on any atom is -0.491 e. The molecule has 1 aromatic heterocycles. The Morgan fingerprint density at radius 3 is 2.76 bits per heavy atom. The number of likely N-dealkylation sites (tertiary alicyclic amines) is 1. The van der Waals surface area contributed by atoms with Crippen LogP contribution in [0.3, 0.4) is 0 Å². The normalized spacial score (nSPS) is 19.1. The van der Waals surface area contributed by atoms with Gasteiger partial charge >= 0.3 is 5.63 Å². The zero-order chi connectivity index (χ0) is 17.2. The first-order chi connectivity index (χ1) is 12.2. The van der Waals surface area contributed by atoms with Gasteiger partial charge in [-0.1, -0.05) is 6.42 Å². The summed E-state index contributed by atoms with van der Waals surface area (Å²) in [6.07, 6.45) is 5.96. The Labute approximate surface area is 147 Å². The molecule has 0 saturated carbocycles. The highest BCUT2D eigenvalue weighted by molar-refractivity contribution is 5.83. The van der Waals surface area contributed by atoms with Crippen molar-refractivity contribution in [2.75, 3.05) is 26.2 Å². The van der Waals surface area contributed by atoms with E-state index in [4.69, 9.17) is 9.15 Å². The largest absolute Gasteiger partial charge is 0.491 e. The molecule has 0 amide bonds. The van der Waals surface area contributed by atoms with E-state index in [2.05, 4.69) is 4.90 Å². The van der Waals surface area contributed by atoms with Gasteiger partial charge < -0.3 is 19.2 Å². The van der Waals surface area contributed by atoms with E-state index in [0.717, 1.165) is 48.9 Å². The molecule has 0 radical (unpaired) electrons. The van der Waals surface area contributed by atoms with Crippen molar-refractivity contribution in [3.8, 4) is 5.75 Å². The number of fused-ring (bicyclic) bond motifs is 3. The van der Waals surface area contributed by atoms with Gasteiger partial charge in [0, 0.05) is 23.6 Å². The second-order valence-corrected chi connectivity index (χ2v) is 7.18. The van der Waals surface area contributed by atoms with E-state index in [9.17, 15) is 9.90 Å². The lowest BCUT2D eigenvalue weighted by Gasteiger charge is -2.28. The van der Waals surface area contributed by atoms with Gasteiger partial charge in [-0.25, -0.2) is 4.79 Å². The van der Waals surface area contributed by atoms with Crippen molar-refractivity contribution in [3.63, 3.8) is 0 Å². The SMILES string of the molecule is O=c1oc2cc(OC[C@H](O)CN3CCCCC3)ccc2c2c1CCC2. The van der Waals surface area contributed by atoms with Gasteiger partial charge in [-0.05, 0) is 62.9 Å². The Balaban J connectivity index is 1.43. The average Bonchev–Trinajstić information content (AvgIpc) is 3.11. The van der Waals surface area contributed by atoms with Crippen molar-refractivity contribution in [2.24, 2.45) is 0 Å². The fourth-order valence-electron chi connectivity index (χ4n) is 4.04. The molecule has 1 fully saturated rings. The quantitative estimate of drug-likeness (QED) is 0.845. The molecule has 5 nitrogen and oxygen atoms in total. The number of ether oxygens (including phenoxy) is 1. The number of nitrogens with zero attached hydrogens (tertiary/aromatic N) is 1. The molecule has 0 spiro atoms. The molecule has 25 heavy (non-hydrogen) atoms. The van der Waals surface area contributed by atoms with Crippen LogP contribution in [0, 0.1) is 0 Å². The number of hydrogen-bond donors (Lipinski definition) is 1. The maximum atomic E-state index is 12.1. The molecule has 0 unspecified atom stereocenters. The summed E-state index contributed by atoms with van der Waals surface area (Å²) in [6.45, 7) is 3.01. The van der Waals surface area contributed by atoms with Crippen molar-refractivity contribution in [3.05, 3.63) is 39.7 Å². The van der Waals surface area contributed by atoms with Crippen molar-refractivity contribution >= 4 is 11.0 Å². The molecule has 2 aliphatic rings. The van der Waals surface area contributed by atoms with Crippen molar-refractivity contribution < 1.29 is 14.3 Å². The van der Waals surface area contributed by atoms with Gasteiger partial charge in [0.15, 0.2) is 0 Å². The van der Waals surface area contributed by atoms with Crippen LogP contribution >= 0.6 is 0 Å². The molecule has 1 atom stereocenters. The zero-order valence-electron chi connectivity index (χ0n) is 14.5. The summed E-state index contributed by atoms with van der Waals surface area (Å²) in [4.78, 5) is 14.4. The summed E-state index contributed by atoms with van der Waals surface area (Å²) in [7, 11) is 0. The van der Waals surface area contributed by atoms with E-state index in [-0.39, 0.29) is 12.2 Å². The third-order valence-electron chi connectivity index (χ3n) is 5.31. The summed E-state index contributed by atoms with van der Waals surface area (Å²) >= 11 is 0. The van der Waals surface area contributed by atoms with Crippen molar-refractivity contribution in [2.45, 2.75) is 44.6 Å². The van der Waals surface area contributed by atoms with Crippen LogP contribution in [-0.4, -0.2) is 42.4 Å². The molecule has 1 saturated heterocycles. The van der Waals surface area contributed by atoms with Crippen LogP contribution in [0.2, 0.25) is 0 Å². The predicted molar refractivity (Wildman–Crippen MR) is 96.3 cm³/mol. The lowest BCUT2D eigenvalue weighted by Crippen LogP contribution is -2.38. The molecule has 134 valence electrons. The summed E-state index contributed by atoms with van der Waals surface area (Å²) in [6, 6.07) is 5.63. The van der Waals surface area contributed by atoms with Crippen LogP contribution in [0.15, 0.2) is 27.4 Å². The Kier molecular flexibility index (Phi) is 4.77. The molecule has 0 bridgehead atoms. The van der Waals surface area contributed by atoms with Crippen molar-refractivity contribution in [1.82, 2.24) is 4.90 Å². The Morgan fingerprint density at radius 1 is 1.12 bits per heavy atom. The van der Waals surface area contributed by atoms with Gasteiger partial charge in [-0.15, -0.1) is 0 Å². The standard InChI is InChI=1S/C20H25NO4/c22-14(12-21-9-2-1-3-10-21)13-24-15-7-8-17-16-5-4-6-18(16)20(23)25-19(17)11-15/h7-8,11,14,22H,1-6,9-10,12-13H2/t14-/m1/s1. The van der Waals surface area contributed by atoms with E-state index in [1.165, 1.54) is 19.3 Å². The maximum Gasteiger partial charge on any atom is 0.339 e. The first-order valence-electron chi connectivity index (χ1n) is 9.32. The monoisotopic (exact) mass is 343 g/mol. The van der Waals surface area contributed by atoms with Gasteiger partial charge in [0.1, 0.15) is 24.0 Å². The molecule has 2 heterocycles. The molecule has 1 aliphatic carbocycles. The lowest BCUT2D eigenvalue weighted by molar-refractivity contribution is 0.0617. The number of β-amino-alcohol motifs (C(OH)–C–C–N with tert-alkyl or cyclic N) is 1. The Bertz CT molecular complexity index is 807. The lowest BCUT2D eigenvalue weighted by atomic mass is 10.1. The highest BCUT2D eigenvalue weighted by Gasteiger charge is 2.20. The fourth-order valence-corrected chi connectivity index (χ4v) is 4.04. The zero-order valence-corrected chi connectivity index (χ0v) is 14.5. The number of aliphatic hydroxyl groups excluding tert-OH is 1. The van der Waals surface area contributed by atoms with Crippen LogP contribution in [0.1, 0.15) is 36.8 Å². The van der Waals surface area contributed by atoms with Gasteiger partial charge in [0.2, 0.25) is 0 Å². The third kappa shape index (κ3) is 3.58. The summed E-state index contributed by atoms with van der Waals surface area (Å²) < 4.78 is 11.2. The Hall–Kier alpha value is -1.85. The highest BCUT2D eigenvalue weighted by Crippen LogP contribution is 2.29. The van der Waals surface area contributed by atoms with Crippen LogP contribution in [0.4, 0.5) is 0 Å². The number of piperidine rings is 1. The summed E-state index contributed by atoms with van der Waals surface area (Å²) in [5.74, 6) is 0.631. The smallest absolute Gasteiger partial charge is 0.339 e. The van der Waals surface area contributed by atoms with Crippen molar-refractivity contribution in [1.29, 1.82) is 0 Å². The second-order valence-electron chi connectivity index (χ2n) is 7.18. The van der Waals surface area contributed by atoms with Gasteiger partial charge in [0.25, 0.3) is 0 Å². The minimum absolute atomic E-state index is 0.220. The average molecular weight is 343 g/mol. The fraction of sp³-hybridized carbons (Fsp3) is 0.550. The maximum absolute atomic E-state index is 12.1. The highest BCUT2D eigenvalue weighted by atomic mass is 16.5. The number of aliphatic hydroxyl groups is 1. The number of rotatable bonds is 5. The van der Waals surface area contributed by atoms with E-state index >= 15 is 0 Å². The molecular weight excluding hydrogens is 318 g/mol. The molecule has 2 aromatic rings. The molecule has 1 aliphatic heterocycles. The number of hydrogen-bond acceptors (Lipinski definition) is 5. The van der Waals surface area contributed by atoms with Gasteiger partial charge in [-0.3, -0.25) is 0 Å². The number of benzene rings is 1. The van der Waals surface area contributed by atoms with Crippen LogP contribution in [0.25, 0.3) is 11.0 Å². The van der Waals surface area contributed by atoms with E-state index in [1.807, 2.05) is 12.1 Å². The Morgan fingerprint density at radius 2 is 1.92 bits per heavy atom. The topological polar surface area (TPSA) is 62.9 Å². The first kappa shape index (κ1) is 16.6. The molecule has 1 aromatic carbocycles. The number of aryl methyl sites for hydroxylation is 1. The third-order valence-corrected chi connectivity index (χ3v) is 5.31. The van der Waals surface area contributed by atoms with E-state index in [1.54, 1.807) is 6.07 Å². The van der Waals surface area contributed by atoms with Crippen LogP contribution in [-0.2, 0) is 12.8 Å². The van der Waals surface area contributed by atoms with E-state index in [0.29, 0.717) is 17.9 Å². The van der Waals surface area contributed by atoms with Crippen LogP contribution in [0.5, 0.6) is 5.75 Å². The predicted octanol–water partition coefficient (Wildman–Crippen LogP) is 2.51.